The topological polar surface area (TPSA) is 37.3 Å². The lowest BCUT2D eigenvalue weighted by Crippen LogP contribution is -2.04. The van der Waals surface area contributed by atoms with Crippen molar-refractivity contribution in [3.63, 3.8) is 0 Å². The van der Waals surface area contributed by atoms with Gasteiger partial charge in [0.25, 0.3) is 0 Å². The average molecular weight is 536 g/mol. The summed E-state index contributed by atoms with van der Waals surface area (Å²) in [5.41, 5.74) is 0. The second-order valence-electron chi connectivity index (χ2n) is 6.32. The van der Waals surface area contributed by atoms with Gasteiger partial charge in [-0.25, -0.2) is 0 Å². The lowest BCUT2D eigenvalue weighted by Gasteiger charge is -2.13. The fourth-order valence-corrected chi connectivity index (χ4v) is 4.22. The Bertz CT molecular complexity index is 259. The van der Waals surface area contributed by atoms with Crippen LogP contribution in [0.2, 0.25) is 0 Å². The lowest BCUT2D eigenvalue weighted by atomic mass is 10.0. The van der Waals surface area contributed by atoms with Gasteiger partial charge in [0.1, 0.15) is 0 Å². The third-order valence-electron chi connectivity index (χ3n) is 4.07. The normalized spacial score (nSPS) is 14.0. The van der Waals surface area contributed by atoms with E-state index in [-0.39, 0.29) is 0 Å². The number of carboxylic acid groups (broad SMARTS) is 1. The molecule has 0 saturated carbocycles. The summed E-state index contributed by atoms with van der Waals surface area (Å²) in [4.78, 5) is 10.4. The molecule has 0 heterocycles. The number of unbranched alkanes of at least 4 members (excludes halogenated alkanes) is 7. The van der Waals surface area contributed by atoms with E-state index in [9.17, 15) is 4.79 Å². The Balaban J connectivity index is 3.34. The largest absolute Gasteiger partial charge is 0.481 e. The number of halogens is 2. The Morgan fingerprint density at radius 1 is 0.773 bits per heavy atom. The average Bonchev–Trinajstić information content (AvgIpc) is 2.48. The quantitative estimate of drug-likeness (QED) is 0.129. The molecule has 0 fully saturated rings. The molecule has 0 aromatic carbocycles. The first kappa shape index (κ1) is 22.9. The second-order valence-corrected chi connectivity index (χ2v) is 9.84. The summed E-state index contributed by atoms with van der Waals surface area (Å²) in [7, 11) is 0. The molecule has 0 spiro atoms. The number of alkyl halides is 2. The highest BCUT2D eigenvalue weighted by atomic mass is 127. The van der Waals surface area contributed by atoms with Crippen molar-refractivity contribution >= 4 is 51.2 Å². The van der Waals surface area contributed by atoms with Gasteiger partial charge < -0.3 is 5.11 Å². The highest BCUT2D eigenvalue weighted by molar-refractivity contribution is 14.1. The van der Waals surface area contributed by atoms with Crippen molar-refractivity contribution in [2.24, 2.45) is 0 Å². The van der Waals surface area contributed by atoms with Gasteiger partial charge in [0.2, 0.25) is 0 Å². The van der Waals surface area contributed by atoms with E-state index < -0.39 is 5.97 Å². The van der Waals surface area contributed by atoms with Gasteiger partial charge in [0.15, 0.2) is 0 Å². The second kappa shape index (κ2) is 16.8. The molecule has 0 bridgehead atoms. The van der Waals surface area contributed by atoms with Crippen molar-refractivity contribution in [1.82, 2.24) is 0 Å². The zero-order valence-corrected chi connectivity index (χ0v) is 18.5. The first-order valence-electron chi connectivity index (χ1n) is 9.06. The first-order chi connectivity index (χ1) is 10.6. The molecule has 0 aromatic heterocycles. The summed E-state index contributed by atoms with van der Waals surface area (Å²) >= 11 is 5.26. The van der Waals surface area contributed by atoms with Crippen LogP contribution < -0.4 is 0 Å². The molecule has 2 nitrogen and oxygen atoms in total. The van der Waals surface area contributed by atoms with Crippen molar-refractivity contribution in [2.45, 2.75) is 105 Å². The minimum absolute atomic E-state index is 0.338. The van der Waals surface area contributed by atoms with E-state index >= 15 is 0 Å². The molecule has 2 atom stereocenters. The third kappa shape index (κ3) is 17.3. The molecule has 1 N–H and O–H groups in total. The number of aliphatic carboxylic acids is 1. The molecule has 0 amide bonds. The minimum Gasteiger partial charge on any atom is -0.481 e. The Labute approximate surface area is 164 Å². The van der Waals surface area contributed by atoms with Crippen LogP contribution >= 0.6 is 45.2 Å². The van der Waals surface area contributed by atoms with E-state index in [0.717, 1.165) is 20.7 Å². The van der Waals surface area contributed by atoms with E-state index in [4.69, 9.17) is 5.11 Å². The first-order valence-corrected chi connectivity index (χ1v) is 11.5. The van der Waals surface area contributed by atoms with E-state index in [0.29, 0.717) is 6.42 Å². The molecule has 0 saturated heterocycles. The molecule has 4 heteroatoms. The van der Waals surface area contributed by atoms with Gasteiger partial charge in [-0.15, -0.1) is 0 Å². The van der Waals surface area contributed by atoms with Crippen molar-refractivity contribution < 1.29 is 9.90 Å². The molecule has 0 radical (unpaired) electrons. The van der Waals surface area contributed by atoms with Gasteiger partial charge in [0, 0.05) is 14.3 Å². The molecule has 0 aliphatic heterocycles. The summed E-state index contributed by atoms with van der Waals surface area (Å²) in [6, 6.07) is 0. The zero-order valence-electron chi connectivity index (χ0n) is 14.2. The van der Waals surface area contributed by atoms with Gasteiger partial charge in [-0.3, -0.25) is 4.79 Å². The van der Waals surface area contributed by atoms with E-state index in [2.05, 4.69) is 52.1 Å². The van der Waals surface area contributed by atoms with Gasteiger partial charge >= 0.3 is 5.97 Å². The van der Waals surface area contributed by atoms with Crippen LogP contribution in [-0.2, 0) is 4.79 Å². The number of hydrogen-bond acceptors (Lipinski definition) is 1. The highest BCUT2D eigenvalue weighted by Gasteiger charge is 2.09. The Morgan fingerprint density at radius 3 is 1.73 bits per heavy atom. The molecule has 132 valence electrons. The Hall–Kier alpha value is 0.930. The SMILES string of the molecule is CCCCCCC(I)CCC(I)CCCCCCCC(=O)O. The van der Waals surface area contributed by atoms with Crippen LogP contribution in [0.4, 0.5) is 0 Å². The molecule has 0 rings (SSSR count). The third-order valence-corrected chi connectivity index (χ3v) is 6.56. The van der Waals surface area contributed by atoms with Crippen LogP contribution in [0, 0.1) is 0 Å². The standard InChI is InChI=1S/C18H34I2O2/c1-2-3-4-8-11-16(19)14-15-17(20)12-9-6-5-7-10-13-18(21)22/h16-17H,2-15H2,1H3,(H,21,22). The number of rotatable bonds is 16. The van der Waals surface area contributed by atoms with Gasteiger partial charge in [-0.05, 0) is 32.1 Å². The maximum atomic E-state index is 10.4. The molecule has 22 heavy (non-hydrogen) atoms. The molecule has 0 aliphatic carbocycles. The van der Waals surface area contributed by atoms with Crippen LogP contribution in [-0.4, -0.2) is 18.9 Å². The van der Waals surface area contributed by atoms with Crippen molar-refractivity contribution in [2.75, 3.05) is 0 Å². The van der Waals surface area contributed by atoms with Gasteiger partial charge in [-0.1, -0.05) is 103 Å². The number of hydrogen-bond donors (Lipinski definition) is 1. The lowest BCUT2D eigenvalue weighted by molar-refractivity contribution is -0.137. The predicted molar refractivity (Wildman–Crippen MR) is 114 cm³/mol. The maximum Gasteiger partial charge on any atom is 0.303 e. The molecule has 2 unspecified atom stereocenters. The van der Waals surface area contributed by atoms with Crippen molar-refractivity contribution in [3.8, 4) is 0 Å². The fourth-order valence-electron chi connectivity index (χ4n) is 2.62. The Kier molecular flexibility index (Phi) is 17.5. The maximum absolute atomic E-state index is 10.4. The summed E-state index contributed by atoms with van der Waals surface area (Å²) in [5, 5.41) is 8.57. The van der Waals surface area contributed by atoms with Crippen molar-refractivity contribution in [1.29, 1.82) is 0 Å². The van der Waals surface area contributed by atoms with Crippen LogP contribution in [0.5, 0.6) is 0 Å². The molecule has 0 aliphatic rings. The molecule has 0 aromatic rings. The van der Waals surface area contributed by atoms with Crippen LogP contribution in [0.25, 0.3) is 0 Å². The monoisotopic (exact) mass is 536 g/mol. The van der Waals surface area contributed by atoms with Crippen LogP contribution in [0.3, 0.4) is 0 Å². The van der Waals surface area contributed by atoms with Gasteiger partial charge in [-0.2, -0.15) is 0 Å². The number of carbonyl (C=O) groups is 1. The summed E-state index contributed by atoms with van der Waals surface area (Å²) in [6.45, 7) is 2.27. The zero-order chi connectivity index (χ0) is 16.6. The fraction of sp³-hybridized carbons (Fsp3) is 0.944. The highest BCUT2D eigenvalue weighted by Crippen LogP contribution is 2.23. The van der Waals surface area contributed by atoms with E-state index in [1.165, 1.54) is 70.6 Å². The summed E-state index contributed by atoms with van der Waals surface area (Å²) in [5.74, 6) is -0.657. The predicted octanol–water partition coefficient (Wildman–Crippen LogP) is 7.16. The number of carboxylic acids is 1. The van der Waals surface area contributed by atoms with Crippen LogP contribution in [0.1, 0.15) is 96.8 Å². The molecular formula is C18H34I2O2. The van der Waals surface area contributed by atoms with Crippen LogP contribution in [0.15, 0.2) is 0 Å². The van der Waals surface area contributed by atoms with Gasteiger partial charge in [0.05, 0.1) is 0 Å². The smallest absolute Gasteiger partial charge is 0.303 e. The van der Waals surface area contributed by atoms with Crippen molar-refractivity contribution in [3.05, 3.63) is 0 Å². The van der Waals surface area contributed by atoms with E-state index in [1.54, 1.807) is 0 Å². The minimum atomic E-state index is -0.657. The summed E-state index contributed by atoms with van der Waals surface area (Å²) < 4.78 is 1.69. The Morgan fingerprint density at radius 2 is 1.23 bits per heavy atom. The molecular weight excluding hydrogens is 502 g/mol. The summed E-state index contributed by atoms with van der Waals surface area (Å²) in [6.07, 6.45) is 17.0. The van der Waals surface area contributed by atoms with E-state index in [1.807, 2.05) is 0 Å².